The molecule has 1 rings (SSSR count). The lowest BCUT2D eigenvalue weighted by molar-refractivity contribution is 0.0636. The molecule has 1 N–H and O–H groups in total. The first-order valence-corrected chi connectivity index (χ1v) is 6.59. The fraction of sp³-hybridized carbons (Fsp3) is 0.500. The molecule has 0 aliphatic carbocycles. The van der Waals surface area contributed by atoms with Crippen molar-refractivity contribution >= 4 is 23.4 Å². The van der Waals surface area contributed by atoms with Crippen LogP contribution in [0.2, 0.25) is 0 Å². The predicted octanol–water partition coefficient (Wildman–Crippen LogP) is 4.21. The van der Waals surface area contributed by atoms with Gasteiger partial charge in [0.05, 0.1) is 0 Å². The molecule has 1 aromatic carbocycles. The zero-order valence-electron chi connectivity index (χ0n) is 11.1. The Kier molecular flexibility index (Phi) is 5.48. The van der Waals surface area contributed by atoms with E-state index in [1.807, 2.05) is 45.0 Å². The van der Waals surface area contributed by atoms with Crippen molar-refractivity contribution in [3.05, 3.63) is 29.8 Å². The molecule has 0 fully saturated rings. The molecule has 100 valence electrons. The van der Waals surface area contributed by atoms with Gasteiger partial charge in [-0.2, -0.15) is 0 Å². The van der Waals surface area contributed by atoms with Crippen molar-refractivity contribution < 1.29 is 9.53 Å². The van der Waals surface area contributed by atoms with Gasteiger partial charge in [0.2, 0.25) is 0 Å². The van der Waals surface area contributed by atoms with Crippen LogP contribution >= 0.6 is 11.6 Å². The first-order chi connectivity index (χ1) is 8.40. The molecule has 0 unspecified atom stereocenters. The van der Waals surface area contributed by atoms with E-state index in [9.17, 15) is 4.79 Å². The summed E-state index contributed by atoms with van der Waals surface area (Å²) in [7, 11) is 0. The first-order valence-electron chi connectivity index (χ1n) is 6.05. The monoisotopic (exact) mass is 269 g/mol. The molecule has 0 aliphatic rings. The molecule has 0 saturated carbocycles. The molecule has 0 aromatic heterocycles. The van der Waals surface area contributed by atoms with Gasteiger partial charge >= 0.3 is 6.09 Å². The van der Waals surface area contributed by atoms with Crippen LogP contribution in [0.4, 0.5) is 10.5 Å². The van der Waals surface area contributed by atoms with Crippen molar-refractivity contribution in [2.45, 2.75) is 39.2 Å². The third-order valence-corrected chi connectivity index (χ3v) is 2.44. The lowest BCUT2D eigenvalue weighted by atomic mass is 10.1. The number of halogens is 1. The molecular weight excluding hydrogens is 250 g/mol. The largest absolute Gasteiger partial charge is 0.444 e. The Morgan fingerprint density at radius 1 is 1.39 bits per heavy atom. The van der Waals surface area contributed by atoms with Gasteiger partial charge in [0.1, 0.15) is 5.60 Å². The number of hydrogen-bond donors (Lipinski definition) is 1. The van der Waals surface area contributed by atoms with Crippen LogP contribution < -0.4 is 5.32 Å². The number of carbonyl (C=O) groups excluding carboxylic acids is 1. The maximum Gasteiger partial charge on any atom is 0.412 e. The van der Waals surface area contributed by atoms with E-state index in [1.165, 1.54) is 0 Å². The van der Waals surface area contributed by atoms with Crippen molar-refractivity contribution in [2.75, 3.05) is 11.2 Å². The fourth-order valence-electron chi connectivity index (χ4n) is 1.50. The molecule has 0 bridgehead atoms. The summed E-state index contributed by atoms with van der Waals surface area (Å²) >= 11 is 5.66. The predicted molar refractivity (Wildman–Crippen MR) is 75.3 cm³/mol. The highest BCUT2D eigenvalue weighted by atomic mass is 35.5. The van der Waals surface area contributed by atoms with Gasteiger partial charge in [0, 0.05) is 11.6 Å². The lowest BCUT2D eigenvalue weighted by Gasteiger charge is -2.19. The van der Waals surface area contributed by atoms with Gasteiger partial charge < -0.3 is 4.74 Å². The lowest BCUT2D eigenvalue weighted by Crippen LogP contribution is -2.27. The standard InChI is InChI=1S/C14H20ClNO2/c1-14(2,3)18-13(17)16-12-8-4-6-11(10-12)7-5-9-15/h4,6,8,10H,5,7,9H2,1-3H3,(H,16,17). The van der Waals surface area contributed by atoms with Gasteiger partial charge in [0.15, 0.2) is 0 Å². The fourth-order valence-corrected chi connectivity index (χ4v) is 1.63. The summed E-state index contributed by atoms with van der Waals surface area (Å²) in [6, 6.07) is 7.72. The highest BCUT2D eigenvalue weighted by Gasteiger charge is 2.16. The van der Waals surface area contributed by atoms with E-state index in [1.54, 1.807) is 0 Å². The minimum Gasteiger partial charge on any atom is -0.444 e. The summed E-state index contributed by atoms with van der Waals surface area (Å²) in [5, 5.41) is 2.72. The van der Waals surface area contributed by atoms with Crippen LogP contribution in [-0.4, -0.2) is 17.6 Å². The Hall–Kier alpha value is -1.22. The Labute approximate surface area is 113 Å². The van der Waals surface area contributed by atoms with Gasteiger partial charge in [0.25, 0.3) is 0 Å². The van der Waals surface area contributed by atoms with E-state index in [0.717, 1.165) is 24.1 Å². The number of rotatable bonds is 4. The number of aryl methyl sites for hydroxylation is 1. The number of ether oxygens (including phenoxy) is 1. The van der Waals surface area contributed by atoms with Crippen molar-refractivity contribution in [3.63, 3.8) is 0 Å². The number of alkyl halides is 1. The molecule has 0 aliphatic heterocycles. The molecule has 18 heavy (non-hydrogen) atoms. The SMILES string of the molecule is CC(C)(C)OC(=O)Nc1cccc(CCCCl)c1. The van der Waals surface area contributed by atoms with E-state index in [0.29, 0.717) is 5.88 Å². The highest BCUT2D eigenvalue weighted by molar-refractivity contribution is 6.17. The van der Waals surface area contributed by atoms with Crippen molar-refractivity contribution in [3.8, 4) is 0 Å². The molecule has 1 aromatic rings. The molecule has 0 atom stereocenters. The van der Waals surface area contributed by atoms with Gasteiger partial charge in [-0.1, -0.05) is 12.1 Å². The summed E-state index contributed by atoms with van der Waals surface area (Å²) in [6.45, 7) is 5.51. The third-order valence-electron chi connectivity index (χ3n) is 2.17. The molecule has 0 heterocycles. The smallest absolute Gasteiger partial charge is 0.412 e. The van der Waals surface area contributed by atoms with Gasteiger partial charge in [-0.15, -0.1) is 11.6 Å². The average Bonchev–Trinajstić information content (AvgIpc) is 2.24. The molecule has 0 radical (unpaired) electrons. The van der Waals surface area contributed by atoms with Crippen LogP contribution in [0.3, 0.4) is 0 Å². The van der Waals surface area contributed by atoms with Crippen LogP contribution in [0.5, 0.6) is 0 Å². The van der Waals surface area contributed by atoms with E-state index in [-0.39, 0.29) is 0 Å². The Morgan fingerprint density at radius 2 is 2.11 bits per heavy atom. The highest BCUT2D eigenvalue weighted by Crippen LogP contribution is 2.14. The Morgan fingerprint density at radius 3 is 2.72 bits per heavy atom. The number of carbonyl (C=O) groups is 1. The maximum atomic E-state index is 11.6. The zero-order valence-corrected chi connectivity index (χ0v) is 11.9. The minimum atomic E-state index is -0.486. The van der Waals surface area contributed by atoms with Crippen LogP contribution in [0.1, 0.15) is 32.8 Å². The van der Waals surface area contributed by atoms with Crippen molar-refractivity contribution in [1.29, 1.82) is 0 Å². The van der Waals surface area contributed by atoms with Gasteiger partial charge in [-0.25, -0.2) is 4.79 Å². The molecule has 1 amide bonds. The number of anilines is 1. The van der Waals surface area contributed by atoms with Crippen LogP contribution in [0.25, 0.3) is 0 Å². The van der Waals surface area contributed by atoms with Crippen LogP contribution in [-0.2, 0) is 11.2 Å². The van der Waals surface area contributed by atoms with E-state index in [2.05, 4.69) is 5.32 Å². The molecule has 3 nitrogen and oxygen atoms in total. The number of benzene rings is 1. The van der Waals surface area contributed by atoms with Crippen molar-refractivity contribution in [1.82, 2.24) is 0 Å². The van der Waals surface area contributed by atoms with Gasteiger partial charge in [-0.05, 0) is 51.3 Å². The van der Waals surface area contributed by atoms with Gasteiger partial charge in [-0.3, -0.25) is 5.32 Å². The summed E-state index contributed by atoms with van der Waals surface area (Å²) in [4.78, 5) is 11.6. The third kappa shape index (κ3) is 5.92. The average molecular weight is 270 g/mol. The summed E-state index contributed by atoms with van der Waals surface area (Å²) in [5.41, 5.74) is 1.42. The van der Waals surface area contributed by atoms with Crippen LogP contribution in [0, 0.1) is 0 Å². The topological polar surface area (TPSA) is 38.3 Å². The van der Waals surface area contributed by atoms with Crippen LogP contribution in [0.15, 0.2) is 24.3 Å². The Bertz CT molecular complexity index is 399. The molecular formula is C14H20ClNO2. The van der Waals surface area contributed by atoms with E-state index >= 15 is 0 Å². The summed E-state index contributed by atoms with van der Waals surface area (Å²) in [6.07, 6.45) is 1.40. The number of hydrogen-bond acceptors (Lipinski definition) is 2. The summed E-state index contributed by atoms with van der Waals surface area (Å²) in [5.74, 6) is 0.643. The second-order valence-electron chi connectivity index (χ2n) is 5.12. The van der Waals surface area contributed by atoms with E-state index in [4.69, 9.17) is 16.3 Å². The Balaban J connectivity index is 2.59. The first kappa shape index (κ1) is 14.8. The summed E-state index contributed by atoms with van der Waals surface area (Å²) < 4.78 is 5.19. The molecule has 4 heteroatoms. The molecule has 0 saturated heterocycles. The molecule has 0 spiro atoms. The number of nitrogens with one attached hydrogen (secondary N) is 1. The normalized spacial score (nSPS) is 11.1. The second-order valence-corrected chi connectivity index (χ2v) is 5.50. The minimum absolute atomic E-state index is 0.433. The number of amides is 1. The maximum absolute atomic E-state index is 11.6. The van der Waals surface area contributed by atoms with Crippen molar-refractivity contribution in [2.24, 2.45) is 0 Å². The quantitative estimate of drug-likeness (QED) is 0.832. The second kappa shape index (κ2) is 6.64. The van der Waals surface area contributed by atoms with E-state index < -0.39 is 11.7 Å². The zero-order chi connectivity index (χ0) is 13.6.